The third-order valence-electron chi connectivity index (χ3n) is 3.55. The molecule has 1 rings (SSSR count). The average Bonchev–Trinajstić information content (AvgIpc) is 2.46. The summed E-state index contributed by atoms with van der Waals surface area (Å²) in [7, 11) is 0. The van der Waals surface area contributed by atoms with Gasteiger partial charge in [-0.05, 0) is 52.7 Å². The van der Waals surface area contributed by atoms with Crippen molar-refractivity contribution in [3.05, 3.63) is 47.0 Å². The number of allylic oxidation sites excluding steroid dienone is 1. The Labute approximate surface area is 160 Å². The Morgan fingerprint density at radius 2 is 1.74 bits per heavy atom. The van der Waals surface area contributed by atoms with Crippen molar-refractivity contribution in [3.63, 3.8) is 0 Å². The third kappa shape index (κ3) is 10.2. The average molecular weight is 375 g/mol. The number of benzene rings is 1. The highest BCUT2D eigenvalue weighted by molar-refractivity contribution is 5.91. The molecule has 0 saturated carbocycles. The fraction of sp³-hybridized carbons (Fsp3) is 0.476. The second-order valence-corrected chi connectivity index (χ2v) is 7.68. The molecule has 1 aromatic carbocycles. The minimum Gasteiger partial charge on any atom is -0.481 e. The van der Waals surface area contributed by atoms with Crippen LogP contribution in [0.15, 0.2) is 30.4 Å². The van der Waals surface area contributed by atoms with Crippen molar-refractivity contribution in [1.82, 2.24) is 5.32 Å². The standard InChI is InChI=1S/C21H29NO5/c1-14-10-15(2)12-16(11-14)13-18(23)8-6-17(7-9-19(24)25)22-20(26)27-21(3,4)5/h6,8,10-12,17H,7,9,13H2,1-5H3,(H,22,26)(H,24,25)/b8-6+/t17-/m0/s1. The molecule has 1 atom stereocenters. The summed E-state index contributed by atoms with van der Waals surface area (Å²) in [6, 6.07) is 5.36. The molecule has 6 nitrogen and oxygen atoms in total. The van der Waals surface area contributed by atoms with Gasteiger partial charge in [0, 0.05) is 12.8 Å². The molecule has 0 aliphatic rings. The number of alkyl carbamates (subject to hydrolysis) is 1. The van der Waals surface area contributed by atoms with Crippen LogP contribution in [-0.4, -0.2) is 34.6 Å². The molecule has 0 radical (unpaired) electrons. The molecular formula is C21H29NO5. The Morgan fingerprint density at radius 3 is 2.26 bits per heavy atom. The first-order valence-electron chi connectivity index (χ1n) is 8.94. The lowest BCUT2D eigenvalue weighted by Gasteiger charge is -2.22. The van der Waals surface area contributed by atoms with Gasteiger partial charge in [0.25, 0.3) is 0 Å². The number of aliphatic carboxylic acids is 1. The number of nitrogens with one attached hydrogen (secondary N) is 1. The molecule has 0 aromatic heterocycles. The van der Waals surface area contributed by atoms with Crippen LogP contribution in [0.1, 0.15) is 50.3 Å². The van der Waals surface area contributed by atoms with E-state index < -0.39 is 23.7 Å². The second-order valence-electron chi connectivity index (χ2n) is 7.68. The first-order chi connectivity index (χ1) is 12.4. The molecular weight excluding hydrogens is 346 g/mol. The maximum Gasteiger partial charge on any atom is 0.408 e. The summed E-state index contributed by atoms with van der Waals surface area (Å²) in [6.45, 7) is 9.17. The van der Waals surface area contributed by atoms with Gasteiger partial charge < -0.3 is 15.2 Å². The van der Waals surface area contributed by atoms with Crippen molar-refractivity contribution < 1.29 is 24.2 Å². The summed E-state index contributed by atoms with van der Waals surface area (Å²) >= 11 is 0. The lowest BCUT2D eigenvalue weighted by molar-refractivity contribution is -0.137. The maximum atomic E-state index is 12.2. The first kappa shape index (κ1) is 22.4. The quantitative estimate of drug-likeness (QED) is 0.676. The smallest absolute Gasteiger partial charge is 0.408 e. The third-order valence-corrected chi connectivity index (χ3v) is 3.55. The lowest BCUT2D eigenvalue weighted by Crippen LogP contribution is -2.38. The van der Waals surface area contributed by atoms with Crippen LogP contribution >= 0.6 is 0 Å². The zero-order valence-corrected chi connectivity index (χ0v) is 16.7. The molecule has 0 fully saturated rings. The number of ketones is 1. The van der Waals surface area contributed by atoms with E-state index in [9.17, 15) is 14.4 Å². The van der Waals surface area contributed by atoms with E-state index in [1.54, 1.807) is 20.8 Å². The molecule has 1 aromatic rings. The van der Waals surface area contributed by atoms with Gasteiger partial charge >= 0.3 is 12.1 Å². The van der Waals surface area contributed by atoms with Gasteiger partial charge in [-0.25, -0.2) is 4.79 Å². The van der Waals surface area contributed by atoms with Crippen LogP contribution in [0.4, 0.5) is 4.79 Å². The fourth-order valence-corrected chi connectivity index (χ4v) is 2.61. The number of aryl methyl sites for hydroxylation is 2. The first-order valence-corrected chi connectivity index (χ1v) is 8.94. The molecule has 0 aliphatic carbocycles. The van der Waals surface area contributed by atoms with Gasteiger partial charge in [-0.3, -0.25) is 9.59 Å². The van der Waals surface area contributed by atoms with Gasteiger partial charge in [-0.15, -0.1) is 0 Å². The number of rotatable bonds is 8. The Balaban J connectivity index is 2.75. The molecule has 2 N–H and O–H groups in total. The predicted octanol–water partition coefficient (Wildman–Crippen LogP) is 3.73. The van der Waals surface area contributed by atoms with E-state index in [0.29, 0.717) is 0 Å². The zero-order chi connectivity index (χ0) is 20.6. The molecule has 27 heavy (non-hydrogen) atoms. The van der Waals surface area contributed by atoms with E-state index >= 15 is 0 Å². The number of carbonyl (C=O) groups excluding carboxylic acids is 2. The second kappa shape index (κ2) is 9.90. The number of carboxylic acids is 1. The van der Waals surface area contributed by atoms with Gasteiger partial charge in [0.05, 0.1) is 6.04 Å². The Bertz CT molecular complexity index is 696. The SMILES string of the molecule is Cc1cc(C)cc(CC(=O)/C=C/[C@@H](CCC(=O)O)NC(=O)OC(C)(C)C)c1. The minimum atomic E-state index is -0.971. The van der Waals surface area contributed by atoms with E-state index in [1.807, 2.05) is 32.0 Å². The number of carbonyl (C=O) groups is 3. The van der Waals surface area contributed by atoms with Gasteiger partial charge in [0.15, 0.2) is 5.78 Å². The summed E-state index contributed by atoms with van der Waals surface area (Å²) in [6.07, 6.45) is 2.55. The molecule has 0 saturated heterocycles. The van der Waals surface area contributed by atoms with Crippen molar-refractivity contribution in [2.45, 2.75) is 65.5 Å². The summed E-state index contributed by atoms with van der Waals surface area (Å²) in [4.78, 5) is 35.0. The van der Waals surface area contributed by atoms with Gasteiger partial charge in [-0.1, -0.05) is 35.4 Å². The zero-order valence-electron chi connectivity index (χ0n) is 16.7. The molecule has 0 aliphatic heterocycles. The van der Waals surface area contributed by atoms with E-state index in [-0.39, 0.29) is 25.0 Å². The fourth-order valence-electron chi connectivity index (χ4n) is 2.61. The molecule has 0 unspecified atom stereocenters. The highest BCUT2D eigenvalue weighted by atomic mass is 16.6. The summed E-state index contributed by atoms with van der Waals surface area (Å²) < 4.78 is 5.19. The van der Waals surface area contributed by atoms with Crippen molar-refractivity contribution in [1.29, 1.82) is 0 Å². The van der Waals surface area contributed by atoms with Gasteiger partial charge in [0.1, 0.15) is 5.60 Å². The summed E-state index contributed by atoms with van der Waals surface area (Å²) in [5.74, 6) is -1.09. The van der Waals surface area contributed by atoms with Crippen LogP contribution in [0, 0.1) is 13.8 Å². The number of ether oxygens (including phenoxy) is 1. The van der Waals surface area contributed by atoms with E-state index in [1.165, 1.54) is 12.2 Å². The van der Waals surface area contributed by atoms with Crippen LogP contribution in [0.5, 0.6) is 0 Å². The topological polar surface area (TPSA) is 92.7 Å². The van der Waals surface area contributed by atoms with Crippen LogP contribution < -0.4 is 5.32 Å². The largest absolute Gasteiger partial charge is 0.481 e. The molecule has 148 valence electrons. The Kier molecular flexibility index (Phi) is 8.22. The van der Waals surface area contributed by atoms with E-state index in [0.717, 1.165) is 16.7 Å². The molecule has 0 spiro atoms. The lowest BCUT2D eigenvalue weighted by atomic mass is 10.0. The van der Waals surface area contributed by atoms with Gasteiger partial charge in [0.2, 0.25) is 0 Å². The Morgan fingerprint density at radius 1 is 1.15 bits per heavy atom. The van der Waals surface area contributed by atoms with Crippen LogP contribution in [-0.2, 0) is 20.7 Å². The minimum absolute atomic E-state index is 0.119. The monoisotopic (exact) mass is 375 g/mol. The molecule has 0 heterocycles. The van der Waals surface area contributed by atoms with E-state index in [2.05, 4.69) is 5.32 Å². The van der Waals surface area contributed by atoms with Crippen LogP contribution in [0.3, 0.4) is 0 Å². The highest BCUT2D eigenvalue weighted by Gasteiger charge is 2.19. The van der Waals surface area contributed by atoms with Crippen molar-refractivity contribution in [2.75, 3.05) is 0 Å². The number of hydrogen-bond donors (Lipinski definition) is 2. The van der Waals surface area contributed by atoms with Gasteiger partial charge in [-0.2, -0.15) is 0 Å². The summed E-state index contributed by atoms with van der Waals surface area (Å²) in [5.41, 5.74) is 2.44. The number of amides is 1. The number of carboxylic acid groups (broad SMARTS) is 1. The number of hydrogen-bond acceptors (Lipinski definition) is 4. The van der Waals surface area contributed by atoms with Crippen molar-refractivity contribution in [3.8, 4) is 0 Å². The van der Waals surface area contributed by atoms with E-state index in [4.69, 9.17) is 9.84 Å². The molecule has 0 bridgehead atoms. The highest BCUT2D eigenvalue weighted by Crippen LogP contribution is 2.11. The summed E-state index contributed by atoms with van der Waals surface area (Å²) in [5, 5.41) is 11.5. The van der Waals surface area contributed by atoms with Crippen molar-refractivity contribution >= 4 is 17.8 Å². The molecule has 1 amide bonds. The van der Waals surface area contributed by atoms with Crippen LogP contribution in [0.2, 0.25) is 0 Å². The predicted molar refractivity (Wildman–Crippen MR) is 104 cm³/mol. The Hall–Kier alpha value is -2.63. The van der Waals surface area contributed by atoms with Crippen LogP contribution in [0.25, 0.3) is 0 Å². The normalized spacial score (nSPS) is 12.6. The van der Waals surface area contributed by atoms with Crippen molar-refractivity contribution in [2.24, 2.45) is 0 Å². The maximum absolute atomic E-state index is 12.2. The molecule has 6 heteroatoms.